The van der Waals surface area contributed by atoms with Gasteiger partial charge < -0.3 is 9.42 Å². The first-order valence-corrected chi connectivity index (χ1v) is 8.54. The molecule has 1 aliphatic rings. The summed E-state index contributed by atoms with van der Waals surface area (Å²) < 4.78 is 5.34. The van der Waals surface area contributed by atoms with Gasteiger partial charge in [0.25, 0.3) is 0 Å². The van der Waals surface area contributed by atoms with E-state index >= 15 is 0 Å². The van der Waals surface area contributed by atoms with Crippen LogP contribution in [0.2, 0.25) is 5.02 Å². The second kappa shape index (κ2) is 7.09. The van der Waals surface area contributed by atoms with Crippen LogP contribution in [0.25, 0.3) is 17.5 Å². The molecule has 0 aliphatic carbocycles. The van der Waals surface area contributed by atoms with E-state index in [1.54, 1.807) is 29.4 Å². The number of benzene rings is 1. The van der Waals surface area contributed by atoms with Gasteiger partial charge in [0, 0.05) is 42.1 Å². The van der Waals surface area contributed by atoms with Crippen molar-refractivity contribution in [3.8, 4) is 11.4 Å². The fourth-order valence-electron chi connectivity index (χ4n) is 2.71. The van der Waals surface area contributed by atoms with Gasteiger partial charge in [-0.2, -0.15) is 4.98 Å². The lowest BCUT2D eigenvalue weighted by Crippen LogP contribution is -2.47. The number of rotatable bonds is 4. The van der Waals surface area contributed by atoms with Crippen LogP contribution in [0.4, 0.5) is 0 Å². The molecule has 1 aliphatic heterocycles. The van der Waals surface area contributed by atoms with E-state index in [2.05, 4.69) is 15.1 Å². The quantitative estimate of drug-likeness (QED) is 0.661. The van der Waals surface area contributed by atoms with E-state index in [1.807, 2.05) is 30.3 Å². The molecule has 0 unspecified atom stereocenters. The molecule has 0 atom stereocenters. The standard InChI is InChI=1S/C19H15ClN4O2/c20-16-4-2-1-3-13(16)5-6-17(25)24-11-15(12-24)19-22-18(23-26-19)14-7-9-21-10-8-14/h1-10,15H,11-12H2/b6-5+. The Bertz CT molecular complexity index is 949. The Morgan fingerprint density at radius 1 is 1.19 bits per heavy atom. The molecule has 0 N–H and O–H groups in total. The zero-order valence-electron chi connectivity index (χ0n) is 13.7. The molecule has 1 aromatic carbocycles. The second-order valence-electron chi connectivity index (χ2n) is 5.99. The van der Waals surface area contributed by atoms with Crippen LogP contribution in [0.5, 0.6) is 0 Å². The van der Waals surface area contributed by atoms with E-state index in [0.29, 0.717) is 29.8 Å². The summed E-state index contributed by atoms with van der Waals surface area (Å²) in [5, 5.41) is 4.62. The maximum Gasteiger partial charge on any atom is 0.246 e. The fourth-order valence-corrected chi connectivity index (χ4v) is 2.91. The molecule has 0 spiro atoms. The Morgan fingerprint density at radius 2 is 1.96 bits per heavy atom. The molecule has 0 bridgehead atoms. The highest BCUT2D eigenvalue weighted by Gasteiger charge is 2.34. The number of nitrogens with zero attached hydrogens (tertiary/aromatic N) is 4. The SMILES string of the molecule is O=C(/C=C/c1ccccc1Cl)N1CC(c2nc(-c3ccncc3)no2)C1. The fraction of sp³-hybridized carbons (Fsp3) is 0.158. The minimum Gasteiger partial charge on any atom is -0.339 e. The topological polar surface area (TPSA) is 72.1 Å². The van der Waals surface area contributed by atoms with Crippen molar-refractivity contribution >= 4 is 23.6 Å². The maximum atomic E-state index is 12.2. The summed E-state index contributed by atoms with van der Waals surface area (Å²) in [6, 6.07) is 11.0. The van der Waals surface area contributed by atoms with Gasteiger partial charge in [0.1, 0.15) is 0 Å². The molecule has 6 nitrogen and oxygen atoms in total. The Kier molecular flexibility index (Phi) is 4.50. The summed E-state index contributed by atoms with van der Waals surface area (Å²) in [7, 11) is 0. The number of likely N-dealkylation sites (tertiary alicyclic amines) is 1. The van der Waals surface area contributed by atoms with Crippen molar-refractivity contribution in [3.63, 3.8) is 0 Å². The third-order valence-electron chi connectivity index (χ3n) is 4.23. The summed E-state index contributed by atoms with van der Waals surface area (Å²) >= 11 is 6.08. The predicted molar refractivity (Wildman–Crippen MR) is 97.3 cm³/mol. The summed E-state index contributed by atoms with van der Waals surface area (Å²) in [5.74, 6) is 1.09. The first-order valence-electron chi connectivity index (χ1n) is 8.16. The van der Waals surface area contributed by atoms with Gasteiger partial charge in [0.2, 0.25) is 17.6 Å². The van der Waals surface area contributed by atoms with E-state index in [0.717, 1.165) is 11.1 Å². The smallest absolute Gasteiger partial charge is 0.246 e. The minimum atomic E-state index is -0.0601. The number of carbonyl (C=O) groups excluding carboxylic acids is 1. The first-order chi connectivity index (χ1) is 12.7. The van der Waals surface area contributed by atoms with E-state index in [1.165, 1.54) is 6.08 Å². The zero-order chi connectivity index (χ0) is 17.9. The molecule has 7 heteroatoms. The molecule has 3 heterocycles. The second-order valence-corrected chi connectivity index (χ2v) is 6.39. The van der Waals surface area contributed by atoms with Crippen LogP contribution in [-0.2, 0) is 4.79 Å². The number of amides is 1. The van der Waals surface area contributed by atoms with Crippen LogP contribution in [0.15, 0.2) is 59.4 Å². The molecule has 3 aromatic rings. The van der Waals surface area contributed by atoms with Crippen LogP contribution in [0, 0.1) is 0 Å². The molecule has 0 radical (unpaired) electrons. The van der Waals surface area contributed by atoms with Crippen LogP contribution < -0.4 is 0 Å². The summed E-state index contributed by atoms with van der Waals surface area (Å²) in [4.78, 5) is 22.4. The average molecular weight is 367 g/mol. The average Bonchev–Trinajstić information content (AvgIpc) is 3.10. The maximum absolute atomic E-state index is 12.2. The molecule has 1 amide bonds. The molecule has 4 rings (SSSR count). The monoisotopic (exact) mass is 366 g/mol. The largest absolute Gasteiger partial charge is 0.339 e. The predicted octanol–water partition coefficient (Wildman–Crippen LogP) is 3.42. The Labute approximate surface area is 155 Å². The molecule has 0 saturated carbocycles. The molecule has 130 valence electrons. The highest BCUT2D eigenvalue weighted by molar-refractivity contribution is 6.32. The van der Waals surface area contributed by atoms with Crippen molar-refractivity contribution in [3.05, 3.63) is 71.3 Å². The van der Waals surface area contributed by atoms with Crippen molar-refractivity contribution in [1.29, 1.82) is 0 Å². The Hall–Kier alpha value is -2.99. The van der Waals surface area contributed by atoms with Crippen LogP contribution in [0.3, 0.4) is 0 Å². The lowest BCUT2D eigenvalue weighted by Gasteiger charge is -2.36. The highest BCUT2D eigenvalue weighted by Crippen LogP contribution is 2.28. The van der Waals surface area contributed by atoms with E-state index in [9.17, 15) is 4.79 Å². The normalized spacial score (nSPS) is 14.6. The number of hydrogen-bond acceptors (Lipinski definition) is 5. The van der Waals surface area contributed by atoms with Gasteiger partial charge in [-0.3, -0.25) is 9.78 Å². The Morgan fingerprint density at radius 3 is 2.73 bits per heavy atom. The van der Waals surface area contributed by atoms with Gasteiger partial charge in [-0.15, -0.1) is 0 Å². The van der Waals surface area contributed by atoms with Gasteiger partial charge in [-0.25, -0.2) is 0 Å². The van der Waals surface area contributed by atoms with Crippen molar-refractivity contribution in [2.45, 2.75) is 5.92 Å². The minimum absolute atomic E-state index is 0.0601. The Balaban J connectivity index is 1.36. The number of halogens is 1. The first kappa shape index (κ1) is 16.5. The van der Waals surface area contributed by atoms with E-state index < -0.39 is 0 Å². The zero-order valence-corrected chi connectivity index (χ0v) is 14.5. The summed E-state index contributed by atoms with van der Waals surface area (Å²) in [6.45, 7) is 1.12. The molecule has 1 saturated heterocycles. The number of hydrogen-bond donors (Lipinski definition) is 0. The van der Waals surface area contributed by atoms with Crippen molar-refractivity contribution in [2.24, 2.45) is 0 Å². The van der Waals surface area contributed by atoms with Gasteiger partial charge in [0.05, 0.1) is 5.92 Å². The molecular weight excluding hydrogens is 352 g/mol. The van der Waals surface area contributed by atoms with E-state index in [4.69, 9.17) is 16.1 Å². The van der Waals surface area contributed by atoms with Gasteiger partial charge in [0.15, 0.2) is 0 Å². The van der Waals surface area contributed by atoms with Crippen molar-refractivity contribution in [2.75, 3.05) is 13.1 Å². The number of pyridine rings is 1. The van der Waals surface area contributed by atoms with Crippen LogP contribution in [-0.4, -0.2) is 39.0 Å². The van der Waals surface area contributed by atoms with Crippen LogP contribution in [0.1, 0.15) is 17.4 Å². The highest BCUT2D eigenvalue weighted by atomic mass is 35.5. The van der Waals surface area contributed by atoms with Gasteiger partial charge >= 0.3 is 0 Å². The lowest BCUT2D eigenvalue weighted by molar-refractivity contribution is -0.130. The third-order valence-corrected chi connectivity index (χ3v) is 4.58. The summed E-state index contributed by atoms with van der Waals surface area (Å²) in [5.41, 5.74) is 1.67. The summed E-state index contributed by atoms with van der Waals surface area (Å²) in [6.07, 6.45) is 6.63. The van der Waals surface area contributed by atoms with Gasteiger partial charge in [-0.1, -0.05) is 35.0 Å². The van der Waals surface area contributed by atoms with Crippen molar-refractivity contribution < 1.29 is 9.32 Å². The van der Waals surface area contributed by atoms with E-state index in [-0.39, 0.29) is 11.8 Å². The molecule has 26 heavy (non-hydrogen) atoms. The van der Waals surface area contributed by atoms with Crippen molar-refractivity contribution in [1.82, 2.24) is 20.0 Å². The third kappa shape index (κ3) is 3.36. The number of carbonyl (C=O) groups is 1. The lowest BCUT2D eigenvalue weighted by atomic mass is 10.00. The molecule has 2 aromatic heterocycles. The van der Waals surface area contributed by atoms with Gasteiger partial charge in [-0.05, 0) is 29.8 Å². The number of aromatic nitrogens is 3. The van der Waals surface area contributed by atoms with Crippen LogP contribution >= 0.6 is 11.6 Å². The molecular formula is C19H15ClN4O2. The molecule has 1 fully saturated rings.